The van der Waals surface area contributed by atoms with E-state index in [0.29, 0.717) is 38.2 Å². The molecule has 11 heteroatoms. The number of amides is 2. The number of benzene rings is 1. The Labute approximate surface area is 171 Å². The summed E-state index contributed by atoms with van der Waals surface area (Å²) in [6, 6.07) is 5.68. The van der Waals surface area contributed by atoms with Crippen molar-refractivity contribution in [3.05, 3.63) is 35.6 Å². The van der Waals surface area contributed by atoms with Gasteiger partial charge in [0, 0.05) is 51.3 Å². The first-order valence-corrected chi connectivity index (χ1v) is 9.39. The Hall–Kier alpha value is -2.69. The van der Waals surface area contributed by atoms with Gasteiger partial charge in [0.2, 0.25) is 5.91 Å². The second-order valence-corrected chi connectivity index (χ2v) is 6.49. The van der Waals surface area contributed by atoms with Crippen molar-refractivity contribution in [2.45, 2.75) is 25.9 Å². The van der Waals surface area contributed by atoms with Crippen LogP contribution in [0.25, 0.3) is 0 Å². The third kappa shape index (κ3) is 8.76. The summed E-state index contributed by atoms with van der Waals surface area (Å²) >= 11 is 0. The van der Waals surface area contributed by atoms with Crippen LogP contribution in [0, 0.1) is 5.82 Å². The van der Waals surface area contributed by atoms with Crippen LogP contribution in [0.2, 0.25) is 0 Å². The number of aliphatic carboxylic acids is 1. The van der Waals surface area contributed by atoms with Gasteiger partial charge in [-0.25, -0.2) is 9.18 Å². The van der Waals surface area contributed by atoms with E-state index in [1.54, 1.807) is 11.0 Å². The van der Waals surface area contributed by atoms with E-state index in [9.17, 15) is 27.2 Å². The zero-order valence-corrected chi connectivity index (χ0v) is 16.5. The van der Waals surface area contributed by atoms with Crippen LogP contribution in [0.3, 0.4) is 0 Å². The van der Waals surface area contributed by atoms with Crippen molar-refractivity contribution < 1.29 is 37.1 Å². The van der Waals surface area contributed by atoms with Crippen LogP contribution in [0.1, 0.15) is 30.1 Å². The smallest absolute Gasteiger partial charge is 0.475 e. The third-order valence-electron chi connectivity index (χ3n) is 4.16. The van der Waals surface area contributed by atoms with E-state index in [1.807, 2.05) is 11.8 Å². The van der Waals surface area contributed by atoms with Crippen LogP contribution in [-0.2, 0) is 9.59 Å². The first kappa shape index (κ1) is 25.3. The Bertz CT molecular complexity index is 722. The summed E-state index contributed by atoms with van der Waals surface area (Å²) in [6.07, 6.45) is -3.98. The lowest BCUT2D eigenvalue weighted by Crippen LogP contribution is -2.47. The number of nitrogens with one attached hydrogen (secondary N) is 1. The number of carboxylic acids is 1. The van der Waals surface area contributed by atoms with Gasteiger partial charge in [0.05, 0.1) is 0 Å². The highest BCUT2D eigenvalue weighted by atomic mass is 19.4. The van der Waals surface area contributed by atoms with Gasteiger partial charge in [-0.05, 0) is 24.6 Å². The molecule has 2 N–H and O–H groups in total. The molecule has 1 aliphatic heterocycles. The van der Waals surface area contributed by atoms with Crippen molar-refractivity contribution in [2.75, 3.05) is 39.3 Å². The molecule has 0 aromatic heterocycles. The summed E-state index contributed by atoms with van der Waals surface area (Å²) < 4.78 is 45.0. The van der Waals surface area contributed by atoms with Crippen LogP contribution >= 0.6 is 0 Å². The molecule has 1 saturated heterocycles. The maximum absolute atomic E-state index is 13.3. The summed E-state index contributed by atoms with van der Waals surface area (Å²) in [5.41, 5.74) is 0.327. The number of hydrogen-bond acceptors (Lipinski definition) is 4. The first-order chi connectivity index (χ1) is 14.1. The summed E-state index contributed by atoms with van der Waals surface area (Å²) in [7, 11) is 0. The summed E-state index contributed by atoms with van der Waals surface area (Å²) in [6.45, 7) is 5.95. The average Bonchev–Trinajstić information content (AvgIpc) is 2.70. The fraction of sp³-hybridized carbons (Fsp3) is 0.526. The fourth-order valence-electron chi connectivity index (χ4n) is 2.69. The zero-order valence-electron chi connectivity index (χ0n) is 16.5. The Morgan fingerprint density at radius 1 is 1.17 bits per heavy atom. The van der Waals surface area contributed by atoms with Crippen molar-refractivity contribution >= 4 is 17.8 Å². The second kappa shape index (κ2) is 12.1. The first-order valence-electron chi connectivity index (χ1n) is 9.39. The number of halogens is 4. The molecule has 0 bridgehead atoms. The summed E-state index contributed by atoms with van der Waals surface area (Å²) in [5.74, 6) is -3.34. The minimum atomic E-state index is -5.08. The standard InChI is InChI=1S/C17H24FN3O2.C2HF3O2/c1-2-9-21(17(23)14-4-3-5-15(18)13-14)10-6-16(22)20-11-7-19-8-12-20;3-2(4,5)1(6)7/h3-5,13,19H,2,6-12H2,1H3;(H,6,7). The van der Waals surface area contributed by atoms with E-state index in [2.05, 4.69) is 5.32 Å². The lowest BCUT2D eigenvalue weighted by atomic mass is 10.1. The van der Waals surface area contributed by atoms with Crippen molar-refractivity contribution in [3.8, 4) is 0 Å². The Balaban J connectivity index is 0.000000553. The van der Waals surface area contributed by atoms with Crippen LogP contribution in [0.5, 0.6) is 0 Å². The van der Waals surface area contributed by atoms with Gasteiger partial charge in [-0.1, -0.05) is 13.0 Å². The molecule has 168 valence electrons. The van der Waals surface area contributed by atoms with Gasteiger partial charge in [-0.15, -0.1) is 0 Å². The van der Waals surface area contributed by atoms with Crippen LogP contribution in [0.15, 0.2) is 24.3 Å². The molecule has 1 aliphatic rings. The monoisotopic (exact) mass is 435 g/mol. The lowest BCUT2D eigenvalue weighted by molar-refractivity contribution is -0.192. The van der Waals surface area contributed by atoms with Gasteiger partial charge in [0.15, 0.2) is 0 Å². The minimum Gasteiger partial charge on any atom is -0.475 e. The highest BCUT2D eigenvalue weighted by Gasteiger charge is 2.38. The number of alkyl halides is 3. The van der Waals surface area contributed by atoms with Crippen LogP contribution < -0.4 is 5.32 Å². The molecule has 2 amide bonds. The molecule has 1 aromatic carbocycles. The molecule has 1 aromatic rings. The van der Waals surface area contributed by atoms with Gasteiger partial charge < -0.3 is 20.2 Å². The Morgan fingerprint density at radius 3 is 2.27 bits per heavy atom. The van der Waals surface area contributed by atoms with Gasteiger partial charge in [-0.2, -0.15) is 13.2 Å². The molecule has 30 heavy (non-hydrogen) atoms. The van der Waals surface area contributed by atoms with E-state index in [1.165, 1.54) is 18.2 Å². The van der Waals surface area contributed by atoms with Gasteiger partial charge in [0.25, 0.3) is 5.91 Å². The van der Waals surface area contributed by atoms with Crippen molar-refractivity contribution in [2.24, 2.45) is 0 Å². The predicted molar refractivity (Wildman–Crippen MR) is 100 cm³/mol. The van der Waals surface area contributed by atoms with E-state index in [-0.39, 0.29) is 11.8 Å². The number of nitrogens with zero attached hydrogens (tertiary/aromatic N) is 2. The summed E-state index contributed by atoms with van der Waals surface area (Å²) in [5, 5.41) is 10.3. The van der Waals surface area contributed by atoms with Gasteiger partial charge >= 0.3 is 12.1 Å². The highest BCUT2D eigenvalue weighted by Crippen LogP contribution is 2.13. The third-order valence-corrected chi connectivity index (χ3v) is 4.16. The van der Waals surface area contributed by atoms with Gasteiger partial charge in [-0.3, -0.25) is 9.59 Å². The van der Waals surface area contributed by atoms with E-state index < -0.39 is 18.0 Å². The van der Waals surface area contributed by atoms with E-state index in [4.69, 9.17) is 9.90 Å². The molecule has 1 fully saturated rings. The topological polar surface area (TPSA) is 90.0 Å². The van der Waals surface area contributed by atoms with Gasteiger partial charge in [0.1, 0.15) is 5.82 Å². The maximum Gasteiger partial charge on any atom is 0.490 e. The predicted octanol–water partition coefficient (Wildman–Crippen LogP) is 2.13. The number of carboxylic acid groups (broad SMARTS) is 1. The molecule has 0 unspecified atom stereocenters. The minimum absolute atomic E-state index is 0.0691. The molecule has 0 saturated carbocycles. The number of carbonyl (C=O) groups is 3. The molecule has 1 heterocycles. The normalized spacial score (nSPS) is 13.8. The van der Waals surface area contributed by atoms with E-state index >= 15 is 0 Å². The zero-order chi connectivity index (χ0) is 22.7. The lowest BCUT2D eigenvalue weighted by Gasteiger charge is -2.29. The average molecular weight is 435 g/mol. The molecule has 0 aliphatic carbocycles. The number of hydrogen-bond donors (Lipinski definition) is 2. The largest absolute Gasteiger partial charge is 0.490 e. The highest BCUT2D eigenvalue weighted by molar-refractivity contribution is 5.94. The van der Waals surface area contributed by atoms with Crippen molar-refractivity contribution in [1.29, 1.82) is 0 Å². The summed E-state index contributed by atoms with van der Waals surface area (Å²) in [4.78, 5) is 37.1. The van der Waals surface area contributed by atoms with Crippen molar-refractivity contribution in [1.82, 2.24) is 15.1 Å². The fourth-order valence-corrected chi connectivity index (χ4v) is 2.69. The molecule has 2 rings (SSSR count). The Kier molecular flexibility index (Phi) is 10.2. The number of piperazine rings is 1. The SMILES string of the molecule is CCCN(CCC(=O)N1CCNCC1)C(=O)c1cccc(F)c1.O=C(O)C(F)(F)F. The number of carbonyl (C=O) groups excluding carboxylic acids is 2. The quantitative estimate of drug-likeness (QED) is 0.669. The molecule has 7 nitrogen and oxygen atoms in total. The Morgan fingerprint density at radius 2 is 1.77 bits per heavy atom. The van der Waals surface area contributed by atoms with E-state index in [0.717, 1.165) is 19.5 Å². The number of rotatable bonds is 6. The maximum atomic E-state index is 13.3. The molecular weight excluding hydrogens is 410 g/mol. The van der Waals surface area contributed by atoms with Crippen molar-refractivity contribution in [3.63, 3.8) is 0 Å². The molecular formula is C19H25F4N3O4. The second-order valence-electron chi connectivity index (χ2n) is 6.49. The molecule has 0 radical (unpaired) electrons. The van der Waals surface area contributed by atoms with Crippen LogP contribution in [0.4, 0.5) is 17.6 Å². The molecule has 0 atom stereocenters. The van der Waals surface area contributed by atoms with Crippen LogP contribution in [-0.4, -0.2) is 78.1 Å². The molecule has 0 spiro atoms.